The van der Waals surface area contributed by atoms with Crippen LogP contribution in [0.1, 0.15) is 38.5 Å². The van der Waals surface area contributed by atoms with Gasteiger partial charge in [0.05, 0.1) is 13.2 Å². The predicted molar refractivity (Wildman–Crippen MR) is 54.3 cm³/mol. The minimum absolute atomic E-state index is 0.227. The topological polar surface area (TPSA) is 35.5 Å². The lowest BCUT2D eigenvalue weighted by Crippen LogP contribution is -2.50. The first-order chi connectivity index (χ1) is 7.32. The van der Waals surface area contributed by atoms with Gasteiger partial charge >= 0.3 is 0 Å². The van der Waals surface area contributed by atoms with Crippen LogP contribution >= 0.6 is 0 Å². The number of hydrogen-bond donors (Lipinski definition) is 0. The van der Waals surface area contributed by atoms with Gasteiger partial charge in [-0.2, -0.15) is 0 Å². The predicted octanol–water partition coefficient (Wildman–Crippen LogP) is 1.90. The van der Waals surface area contributed by atoms with Crippen LogP contribution < -0.4 is 0 Å². The molecular weight excluding hydrogens is 192 g/mol. The van der Waals surface area contributed by atoms with E-state index in [1.807, 2.05) is 0 Å². The molecule has 0 aromatic heterocycles. The minimum atomic E-state index is -0.376. The van der Waals surface area contributed by atoms with E-state index in [0.29, 0.717) is 24.9 Å². The maximum atomic E-state index is 11.9. The molecule has 1 saturated heterocycles. The van der Waals surface area contributed by atoms with Gasteiger partial charge in [0.25, 0.3) is 0 Å². The number of carbonyl (C=O) groups is 1. The SMILES string of the molecule is O=C1CCCC2C1CCCC21OCCO1. The molecule has 1 spiro atoms. The molecule has 3 rings (SSSR count). The fraction of sp³-hybridized carbons (Fsp3) is 0.917. The highest BCUT2D eigenvalue weighted by Gasteiger charge is 2.52. The average molecular weight is 210 g/mol. The first kappa shape index (κ1) is 9.79. The van der Waals surface area contributed by atoms with E-state index in [4.69, 9.17) is 9.47 Å². The van der Waals surface area contributed by atoms with Gasteiger partial charge in [-0.15, -0.1) is 0 Å². The molecule has 0 radical (unpaired) electrons. The van der Waals surface area contributed by atoms with Crippen LogP contribution in [-0.2, 0) is 14.3 Å². The fourth-order valence-corrected chi connectivity index (χ4v) is 3.58. The number of carbonyl (C=O) groups excluding carboxylic acids is 1. The molecule has 2 saturated carbocycles. The molecule has 2 aliphatic carbocycles. The summed E-state index contributed by atoms with van der Waals surface area (Å²) in [5, 5.41) is 0. The first-order valence-electron chi connectivity index (χ1n) is 6.12. The van der Waals surface area contributed by atoms with Crippen molar-refractivity contribution in [1.82, 2.24) is 0 Å². The molecule has 2 atom stereocenters. The molecule has 3 fully saturated rings. The third-order valence-electron chi connectivity index (χ3n) is 4.22. The molecular formula is C12H18O3. The number of Topliss-reactive ketones (excluding diaryl/α,β-unsaturated/α-hetero) is 1. The number of hydrogen-bond acceptors (Lipinski definition) is 3. The Balaban J connectivity index is 1.87. The maximum Gasteiger partial charge on any atom is 0.171 e. The van der Waals surface area contributed by atoms with Gasteiger partial charge in [-0.1, -0.05) is 0 Å². The molecule has 0 aromatic carbocycles. The molecule has 1 heterocycles. The average Bonchev–Trinajstić information content (AvgIpc) is 2.70. The molecule has 3 heteroatoms. The Kier molecular flexibility index (Phi) is 2.33. The van der Waals surface area contributed by atoms with Crippen molar-refractivity contribution in [3.05, 3.63) is 0 Å². The van der Waals surface area contributed by atoms with Crippen molar-refractivity contribution in [2.24, 2.45) is 11.8 Å². The number of ether oxygens (including phenoxy) is 2. The molecule has 15 heavy (non-hydrogen) atoms. The summed E-state index contributed by atoms with van der Waals surface area (Å²) >= 11 is 0. The lowest BCUT2D eigenvalue weighted by atomic mass is 9.67. The van der Waals surface area contributed by atoms with Gasteiger partial charge in [-0.3, -0.25) is 4.79 Å². The second-order valence-corrected chi connectivity index (χ2v) is 4.97. The standard InChI is InChI=1S/C12H18O3/c13-11-5-1-4-10-9(11)3-2-6-12(10)14-7-8-15-12/h9-10H,1-8H2. The van der Waals surface area contributed by atoms with Crippen molar-refractivity contribution in [2.45, 2.75) is 44.3 Å². The Morgan fingerprint density at radius 3 is 2.73 bits per heavy atom. The zero-order valence-electron chi connectivity index (χ0n) is 9.04. The monoisotopic (exact) mass is 210 g/mol. The van der Waals surface area contributed by atoms with Crippen LogP contribution in [0, 0.1) is 11.8 Å². The van der Waals surface area contributed by atoms with Gasteiger partial charge in [0.2, 0.25) is 0 Å². The third-order valence-corrected chi connectivity index (χ3v) is 4.22. The fourth-order valence-electron chi connectivity index (χ4n) is 3.58. The van der Waals surface area contributed by atoms with Crippen molar-refractivity contribution >= 4 is 5.78 Å². The second-order valence-electron chi connectivity index (χ2n) is 4.97. The van der Waals surface area contributed by atoms with Gasteiger partial charge in [0.1, 0.15) is 5.78 Å². The van der Waals surface area contributed by atoms with Crippen LogP contribution in [0.3, 0.4) is 0 Å². The van der Waals surface area contributed by atoms with Crippen LogP contribution in [-0.4, -0.2) is 24.8 Å². The Morgan fingerprint density at radius 1 is 1.13 bits per heavy atom. The van der Waals surface area contributed by atoms with E-state index in [-0.39, 0.29) is 11.7 Å². The maximum absolute atomic E-state index is 11.9. The molecule has 3 aliphatic rings. The van der Waals surface area contributed by atoms with Crippen LogP contribution in [0.4, 0.5) is 0 Å². The zero-order chi connectivity index (χ0) is 10.3. The van der Waals surface area contributed by atoms with Crippen molar-refractivity contribution in [3.63, 3.8) is 0 Å². The lowest BCUT2D eigenvalue weighted by molar-refractivity contribution is -0.229. The van der Waals surface area contributed by atoms with Gasteiger partial charge in [-0.25, -0.2) is 0 Å². The highest BCUT2D eigenvalue weighted by atomic mass is 16.7. The molecule has 0 amide bonds. The minimum Gasteiger partial charge on any atom is -0.347 e. The van der Waals surface area contributed by atoms with Crippen molar-refractivity contribution in [2.75, 3.05) is 13.2 Å². The van der Waals surface area contributed by atoms with Gasteiger partial charge in [-0.05, 0) is 25.7 Å². The first-order valence-corrected chi connectivity index (χ1v) is 6.12. The molecule has 1 aliphatic heterocycles. The van der Waals surface area contributed by atoms with E-state index in [1.54, 1.807) is 0 Å². The largest absolute Gasteiger partial charge is 0.347 e. The summed E-state index contributed by atoms with van der Waals surface area (Å²) < 4.78 is 11.6. The van der Waals surface area contributed by atoms with Gasteiger partial charge in [0, 0.05) is 24.7 Å². The molecule has 0 aromatic rings. The number of rotatable bonds is 0. The van der Waals surface area contributed by atoms with E-state index >= 15 is 0 Å². The summed E-state index contributed by atoms with van der Waals surface area (Å²) in [4.78, 5) is 11.9. The Bertz CT molecular complexity index is 268. The smallest absolute Gasteiger partial charge is 0.171 e. The van der Waals surface area contributed by atoms with Crippen molar-refractivity contribution in [1.29, 1.82) is 0 Å². The van der Waals surface area contributed by atoms with E-state index in [9.17, 15) is 4.79 Å². The third kappa shape index (κ3) is 1.44. The summed E-state index contributed by atoms with van der Waals surface area (Å²) in [5.74, 6) is 0.643. The summed E-state index contributed by atoms with van der Waals surface area (Å²) in [6, 6.07) is 0. The van der Waals surface area contributed by atoms with E-state index < -0.39 is 0 Å². The van der Waals surface area contributed by atoms with E-state index in [1.165, 1.54) is 0 Å². The quantitative estimate of drug-likeness (QED) is 0.612. The Morgan fingerprint density at radius 2 is 1.93 bits per heavy atom. The highest BCUT2D eigenvalue weighted by molar-refractivity contribution is 5.82. The molecule has 0 N–H and O–H groups in total. The zero-order valence-corrected chi connectivity index (χ0v) is 9.04. The van der Waals surface area contributed by atoms with Crippen LogP contribution in [0.5, 0.6) is 0 Å². The molecule has 0 bridgehead atoms. The van der Waals surface area contributed by atoms with Crippen LogP contribution in [0.2, 0.25) is 0 Å². The molecule has 3 nitrogen and oxygen atoms in total. The van der Waals surface area contributed by atoms with E-state index in [0.717, 1.165) is 38.5 Å². The Labute approximate surface area is 90.1 Å². The van der Waals surface area contributed by atoms with Gasteiger partial charge < -0.3 is 9.47 Å². The normalized spacial score (nSPS) is 39.3. The van der Waals surface area contributed by atoms with Crippen molar-refractivity contribution in [3.8, 4) is 0 Å². The van der Waals surface area contributed by atoms with Gasteiger partial charge in [0.15, 0.2) is 5.79 Å². The molecule has 2 unspecified atom stereocenters. The Hall–Kier alpha value is -0.410. The van der Waals surface area contributed by atoms with Crippen molar-refractivity contribution < 1.29 is 14.3 Å². The second kappa shape index (κ2) is 3.56. The summed E-state index contributed by atoms with van der Waals surface area (Å²) in [7, 11) is 0. The van der Waals surface area contributed by atoms with Crippen LogP contribution in [0.15, 0.2) is 0 Å². The highest BCUT2D eigenvalue weighted by Crippen LogP contribution is 2.48. The number of fused-ring (bicyclic) bond motifs is 2. The van der Waals surface area contributed by atoms with Crippen LogP contribution in [0.25, 0.3) is 0 Å². The number of ketones is 1. The summed E-state index contributed by atoms with van der Waals surface area (Å²) in [6.07, 6.45) is 6.02. The summed E-state index contributed by atoms with van der Waals surface area (Å²) in [5.41, 5.74) is 0. The van der Waals surface area contributed by atoms with E-state index in [2.05, 4.69) is 0 Å². The summed E-state index contributed by atoms with van der Waals surface area (Å²) in [6.45, 7) is 1.41. The lowest BCUT2D eigenvalue weighted by Gasteiger charge is -2.45. The molecule has 84 valence electrons.